The van der Waals surface area contributed by atoms with Crippen molar-refractivity contribution in [3.05, 3.63) is 0 Å². The number of carbonyl (C=O) groups excluding carboxylic acids is 1. The number of carboxylic acids is 1. The highest BCUT2D eigenvalue weighted by atomic mass is 19.4. The van der Waals surface area contributed by atoms with Gasteiger partial charge in [0.2, 0.25) is 0 Å². The van der Waals surface area contributed by atoms with Crippen molar-refractivity contribution in [1.82, 2.24) is 0 Å². The average molecular weight is 216 g/mol. The summed E-state index contributed by atoms with van der Waals surface area (Å²) in [6, 6.07) is 0. The molecular weight excluding hydrogens is 209 g/mol. The normalized spacial score (nSPS) is 15.8. The summed E-state index contributed by atoms with van der Waals surface area (Å²) in [7, 11) is 0.612. The van der Waals surface area contributed by atoms with E-state index in [-0.39, 0.29) is 0 Å². The fourth-order valence-corrected chi connectivity index (χ4v) is 0.676. The van der Waals surface area contributed by atoms with Crippen LogP contribution >= 0.6 is 0 Å². The average Bonchev–Trinajstić information content (AvgIpc) is 1.99. The summed E-state index contributed by atoms with van der Waals surface area (Å²) in [4.78, 5) is 20.6. The molecule has 1 atom stereocenters. The number of methoxy groups -OCH3 is 1. The molecule has 1 unspecified atom stereocenters. The largest absolute Gasteiger partial charge is 0.481 e. The standard InChI is InChI=1S/C6H7F3O5/c1-14-4(12)5(13,2-3(10)11)6(7,8)9/h13H,2H2,1H3,(H,10,11). The third-order valence-corrected chi connectivity index (χ3v) is 1.40. The summed E-state index contributed by atoms with van der Waals surface area (Å²) in [5.74, 6) is -4.01. The molecule has 5 nitrogen and oxygen atoms in total. The Hall–Kier alpha value is -1.31. The predicted octanol–water partition coefficient (Wildman–Crippen LogP) is -0.0725. The third-order valence-electron chi connectivity index (χ3n) is 1.40. The van der Waals surface area contributed by atoms with Crippen LogP contribution in [-0.2, 0) is 14.3 Å². The highest BCUT2D eigenvalue weighted by molar-refractivity contribution is 5.85. The topological polar surface area (TPSA) is 83.8 Å². The number of halogens is 3. The van der Waals surface area contributed by atoms with E-state index in [9.17, 15) is 22.8 Å². The first kappa shape index (κ1) is 12.7. The molecule has 0 aromatic carbocycles. The van der Waals surface area contributed by atoms with E-state index in [1.54, 1.807) is 0 Å². The van der Waals surface area contributed by atoms with Crippen LogP contribution in [0.5, 0.6) is 0 Å². The van der Waals surface area contributed by atoms with E-state index in [2.05, 4.69) is 4.74 Å². The first-order chi connectivity index (χ1) is 6.15. The Kier molecular flexibility index (Phi) is 3.47. The monoisotopic (exact) mass is 216 g/mol. The Morgan fingerprint density at radius 1 is 1.36 bits per heavy atom. The Morgan fingerprint density at radius 3 is 2.00 bits per heavy atom. The number of carboxylic acid groups (broad SMARTS) is 1. The number of carbonyl (C=O) groups is 2. The molecule has 0 amide bonds. The van der Waals surface area contributed by atoms with Crippen LogP contribution in [0.4, 0.5) is 13.2 Å². The van der Waals surface area contributed by atoms with Gasteiger partial charge in [0, 0.05) is 0 Å². The second-order valence-corrected chi connectivity index (χ2v) is 2.42. The van der Waals surface area contributed by atoms with Crippen molar-refractivity contribution >= 4 is 11.9 Å². The summed E-state index contributed by atoms with van der Waals surface area (Å²) in [5, 5.41) is 16.9. The second-order valence-electron chi connectivity index (χ2n) is 2.42. The van der Waals surface area contributed by atoms with Gasteiger partial charge >= 0.3 is 18.1 Å². The zero-order valence-electron chi connectivity index (χ0n) is 6.96. The van der Waals surface area contributed by atoms with Crippen molar-refractivity contribution in [3.63, 3.8) is 0 Å². The van der Waals surface area contributed by atoms with Crippen molar-refractivity contribution in [2.24, 2.45) is 0 Å². The molecule has 0 rings (SSSR count). The first-order valence-electron chi connectivity index (χ1n) is 3.24. The molecule has 8 heteroatoms. The van der Waals surface area contributed by atoms with E-state index in [1.807, 2.05) is 0 Å². The van der Waals surface area contributed by atoms with Gasteiger partial charge in [-0.2, -0.15) is 13.2 Å². The maximum absolute atomic E-state index is 12.1. The number of rotatable bonds is 3. The zero-order chi connectivity index (χ0) is 11.6. The molecule has 0 heterocycles. The van der Waals surface area contributed by atoms with Crippen LogP contribution < -0.4 is 0 Å². The molecule has 82 valence electrons. The smallest absolute Gasteiger partial charge is 0.428 e. The van der Waals surface area contributed by atoms with Crippen LogP contribution in [0.3, 0.4) is 0 Å². The Labute approximate surface area is 76.1 Å². The SMILES string of the molecule is COC(=O)C(O)(CC(=O)O)C(F)(F)F. The van der Waals surface area contributed by atoms with Crippen LogP contribution in [-0.4, -0.2) is 41.0 Å². The van der Waals surface area contributed by atoms with E-state index < -0.39 is 30.1 Å². The van der Waals surface area contributed by atoms with E-state index in [1.165, 1.54) is 0 Å². The molecule has 0 aliphatic rings. The van der Waals surface area contributed by atoms with Gasteiger partial charge in [0.25, 0.3) is 5.60 Å². The van der Waals surface area contributed by atoms with E-state index in [4.69, 9.17) is 10.2 Å². The van der Waals surface area contributed by atoms with Gasteiger partial charge < -0.3 is 14.9 Å². The van der Waals surface area contributed by atoms with Gasteiger partial charge in [-0.05, 0) is 0 Å². The van der Waals surface area contributed by atoms with Crippen molar-refractivity contribution < 1.29 is 37.7 Å². The minimum Gasteiger partial charge on any atom is -0.481 e. The predicted molar refractivity (Wildman–Crippen MR) is 35.3 cm³/mol. The number of alkyl halides is 3. The molecule has 0 aromatic rings. The maximum Gasteiger partial charge on any atom is 0.428 e. The fourth-order valence-electron chi connectivity index (χ4n) is 0.676. The highest BCUT2D eigenvalue weighted by Crippen LogP contribution is 2.34. The van der Waals surface area contributed by atoms with Crippen molar-refractivity contribution in [3.8, 4) is 0 Å². The fraction of sp³-hybridized carbons (Fsp3) is 0.667. The highest BCUT2D eigenvalue weighted by Gasteiger charge is 2.61. The first-order valence-corrected chi connectivity index (χ1v) is 3.24. The van der Waals surface area contributed by atoms with Gasteiger partial charge in [-0.1, -0.05) is 0 Å². The molecule has 0 aliphatic heterocycles. The Balaban J connectivity index is 5.05. The molecule has 0 aromatic heterocycles. The van der Waals surface area contributed by atoms with Crippen LogP contribution in [0.1, 0.15) is 6.42 Å². The molecule has 14 heavy (non-hydrogen) atoms. The molecular formula is C6H7F3O5. The van der Waals surface area contributed by atoms with E-state index in [0.717, 1.165) is 0 Å². The number of ether oxygens (including phenoxy) is 1. The molecule has 0 fully saturated rings. The molecule has 0 saturated carbocycles. The quantitative estimate of drug-likeness (QED) is 0.645. The number of hydrogen-bond acceptors (Lipinski definition) is 4. The summed E-state index contributed by atoms with van der Waals surface area (Å²) in [6.45, 7) is 0. The minimum atomic E-state index is -5.39. The minimum absolute atomic E-state index is 0.612. The van der Waals surface area contributed by atoms with Crippen molar-refractivity contribution in [2.75, 3.05) is 7.11 Å². The van der Waals surface area contributed by atoms with Gasteiger partial charge in [-0.15, -0.1) is 0 Å². The lowest BCUT2D eigenvalue weighted by atomic mass is 9.99. The lowest BCUT2D eigenvalue weighted by molar-refractivity contribution is -0.263. The summed E-state index contributed by atoms with van der Waals surface area (Å²) >= 11 is 0. The number of aliphatic hydroxyl groups is 1. The van der Waals surface area contributed by atoms with Gasteiger partial charge in [-0.25, -0.2) is 4.79 Å². The lowest BCUT2D eigenvalue weighted by Crippen LogP contribution is -2.54. The third kappa shape index (κ3) is 2.34. The number of aliphatic carboxylic acids is 1. The van der Waals surface area contributed by atoms with Crippen LogP contribution in [0.2, 0.25) is 0 Å². The Morgan fingerprint density at radius 2 is 1.79 bits per heavy atom. The van der Waals surface area contributed by atoms with E-state index in [0.29, 0.717) is 7.11 Å². The van der Waals surface area contributed by atoms with E-state index >= 15 is 0 Å². The number of esters is 1. The summed E-state index contributed by atoms with van der Waals surface area (Å²) in [5.41, 5.74) is -3.99. The zero-order valence-corrected chi connectivity index (χ0v) is 6.96. The second kappa shape index (κ2) is 3.82. The van der Waals surface area contributed by atoms with Crippen LogP contribution in [0.25, 0.3) is 0 Å². The molecule has 0 aliphatic carbocycles. The van der Waals surface area contributed by atoms with Crippen LogP contribution in [0.15, 0.2) is 0 Å². The molecule has 0 bridgehead atoms. The van der Waals surface area contributed by atoms with Gasteiger partial charge in [0.05, 0.1) is 13.5 Å². The van der Waals surface area contributed by atoms with Crippen molar-refractivity contribution in [1.29, 1.82) is 0 Å². The van der Waals surface area contributed by atoms with Crippen LogP contribution in [0, 0.1) is 0 Å². The lowest BCUT2D eigenvalue weighted by Gasteiger charge is -2.25. The molecule has 0 saturated heterocycles. The molecule has 0 spiro atoms. The van der Waals surface area contributed by atoms with Crippen molar-refractivity contribution in [2.45, 2.75) is 18.2 Å². The van der Waals surface area contributed by atoms with Gasteiger partial charge in [-0.3, -0.25) is 4.79 Å². The Bertz CT molecular complexity index is 248. The molecule has 2 N–H and O–H groups in total. The summed E-state index contributed by atoms with van der Waals surface area (Å²) < 4.78 is 39.9. The maximum atomic E-state index is 12.1. The van der Waals surface area contributed by atoms with Gasteiger partial charge in [0.15, 0.2) is 0 Å². The molecule has 0 radical (unpaired) electrons. The summed E-state index contributed by atoms with van der Waals surface area (Å²) in [6.07, 6.45) is -7.18. The number of hydrogen-bond donors (Lipinski definition) is 2. The van der Waals surface area contributed by atoms with Gasteiger partial charge in [0.1, 0.15) is 0 Å².